The summed E-state index contributed by atoms with van der Waals surface area (Å²) in [4.78, 5) is 12.2. The predicted octanol–water partition coefficient (Wildman–Crippen LogP) is 4.16. The molecule has 1 nitrogen and oxygen atoms in total. The molecule has 90 valence electrons. The van der Waals surface area contributed by atoms with Crippen LogP contribution in [0, 0.1) is 5.92 Å². The van der Waals surface area contributed by atoms with Gasteiger partial charge in [0.2, 0.25) is 0 Å². The summed E-state index contributed by atoms with van der Waals surface area (Å²) in [5.41, 5.74) is 2.50. The summed E-state index contributed by atoms with van der Waals surface area (Å²) in [5.74, 6) is 0.457. The van der Waals surface area contributed by atoms with Crippen LogP contribution in [0.5, 0.6) is 0 Å². The largest absolute Gasteiger partial charge is 0.289 e. The van der Waals surface area contributed by atoms with Gasteiger partial charge in [-0.3, -0.25) is 4.79 Å². The highest BCUT2D eigenvalue weighted by Crippen LogP contribution is 2.22. The zero-order chi connectivity index (χ0) is 12.8. The minimum Gasteiger partial charge on any atom is -0.289 e. The molecule has 0 aliphatic heterocycles. The Labute approximate surface area is 104 Å². The normalized spacial score (nSPS) is 20.8. The molecule has 0 saturated heterocycles. The van der Waals surface area contributed by atoms with Crippen molar-refractivity contribution in [1.29, 1.82) is 0 Å². The van der Waals surface area contributed by atoms with Crippen LogP contribution in [0.2, 0.25) is 0 Å². The van der Waals surface area contributed by atoms with E-state index in [2.05, 4.69) is 20.1 Å². The van der Waals surface area contributed by atoms with Gasteiger partial charge in [0.25, 0.3) is 0 Å². The van der Waals surface area contributed by atoms with Crippen molar-refractivity contribution in [2.75, 3.05) is 0 Å². The van der Waals surface area contributed by atoms with E-state index in [1.54, 1.807) is 6.08 Å². The molecule has 1 rings (SSSR count). The van der Waals surface area contributed by atoms with Crippen LogP contribution in [0.1, 0.15) is 26.7 Å². The minimum absolute atomic E-state index is 0.0556. The molecule has 0 aromatic heterocycles. The van der Waals surface area contributed by atoms with Crippen molar-refractivity contribution < 1.29 is 4.79 Å². The molecule has 1 atom stereocenters. The smallest absolute Gasteiger partial charge is 0.192 e. The Morgan fingerprint density at radius 3 is 2.82 bits per heavy atom. The van der Waals surface area contributed by atoms with Crippen LogP contribution in [0.15, 0.2) is 60.3 Å². The third-order valence-electron chi connectivity index (χ3n) is 2.97. The van der Waals surface area contributed by atoms with E-state index in [-0.39, 0.29) is 5.78 Å². The molecule has 1 aliphatic carbocycles. The van der Waals surface area contributed by atoms with Crippen LogP contribution in [0.3, 0.4) is 0 Å². The number of allylic oxidation sites excluding steroid dienone is 8. The van der Waals surface area contributed by atoms with Gasteiger partial charge in [0.1, 0.15) is 0 Å². The average molecular weight is 228 g/mol. The van der Waals surface area contributed by atoms with Crippen molar-refractivity contribution in [2.45, 2.75) is 26.7 Å². The van der Waals surface area contributed by atoms with E-state index in [4.69, 9.17) is 0 Å². The first kappa shape index (κ1) is 13.4. The Balaban J connectivity index is 2.97. The second kappa shape index (κ2) is 6.19. The van der Waals surface area contributed by atoms with Crippen molar-refractivity contribution >= 4 is 5.78 Å². The Kier molecular flexibility index (Phi) is 4.89. The first-order valence-corrected chi connectivity index (χ1v) is 6.04. The van der Waals surface area contributed by atoms with E-state index >= 15 is 0 Å². The fraction of sp³-hybridized carbons (Fsp3) is 0.312. The van der Waals surface area contributed by atoms with Gasteiger partial charge in [0.15, 0.2) is 5.78 Å². The van der Waals surface area contributed by atoms with Crippen molar-refractivity contribution in [1.82, 2.24) is 0 Å². The van der Waals surface area contributed by atoms with Crippen LogP contribution in [0.4, 0.5) is 0 Å². The van der Waals surface area contributed by atoms with Gasteiger partial charge in [-0.1, -0.05) is 63.0 Å². The Morgan fingerprint density at radius 1 is 1.53 bits per heavy atom. The number of hydrogen-bond acceptors (Lipinski definition) is 1. The number of carbonyl (C=O) groups is 1. The van der Waals surface area contributed by atoms with E-state index < -0.39 is 0 Å². The number of ketones is 1. The lowest BCUT2D eigenvalue weighted by atomic mass is 9.99. The van der Waals surface area contributed by atoms with Gasteiger partial charge in [0.05, 0.1) is 0 Å². The van der Waals surface area contributed by atoms with Crippen LogP contribution in [-0.4, -0.2) is 5.78 Å². The van der Waals surface area contributed by atoms with Crippen molar-refractivity contribution in [3.05, 3.63) is 60.3 Å². The first-order valence-electron chi connectivity index (χ1n) is 6.04. The highest BCUT2D eigenvalue weighted by Gasteiger charge is 2.14. The van der Waals surface area contributed by atoms with E-state index in [1.165, 1.54) is 0 Å². The summed E-state index contributed by atoms with van der Waals surface area (Å²) in [6.07, 6.45) is 11.0. The van der Waals surface area contributed by atoms with Gasteiger partial charge in [-0.05, 0) is 18.8 Å². The fourth-order valence-electron chi connectivity index (χ4n) is 1.71. The molecule has 17 heavy (non-hydrogen) atoms. The van der Waals surface area contributed by atoms with E-state index in [0.717, 1.165) is 24.0 Å². The number of hydrogen-bond donors (Lipinski definition) is 0. The van der Waals surface area contributed by atoms with Crippen LogP contribution < -0.4 is 0 Å². The molecule has 0 radical (unpaired) electrons. The number of rotatable bonds is 4. The molecular weight excluding hydrogens is 208 g/mol. The molecule has 0 aromatic carbocycles. The Hall–Kier alpha value is -1.63. The number of Topliss-reactive ketones (excluding diaryl/α,β-unsaturated/α-hetero) is 1. The molecule has 0 aromatic rings. The average Bonchev–Trinajstić information content (AvgIpc) is 2.49. The molecule has 0 heterocycles. The molecule has 1 heteroatoms. The van der Waals surface area contributed by atoms with Crippen molar-refractivity contribution in [3.63, 3.8) is 0 Å². The molecule has 0 bridgehead atoms. The highest BCUT2D eigenvalue weighted by molar-refractivity contribution is 6.11. The maximum atomic E-state index is 12.2. The lowest BCUT2D eigenvalue weighted by Gasteiger charge is -2.05. The Bertz CT molecular complexity index is 419. The fourth-order valence-corrected chi connectivity index (χ4v) is 1.71. The molecule has 0 fully saturated rings. The maximum Gasteiger partial charge on any atom is 0.192 e. The Morgan fingerprint density at radius 2 is 2.24 bits per heavy atom. The molecule has 1 aliphatic rings. The predicted molar refractivity (Wildman–Crippen MR) is 73.7 cm³/mol. The minimum atomic E-state index is 0.0556. The lowest BCUT2D eigenvalue weighted by molar-refractivity contribution is -0.111. The molecule has 0 N–H and O–H groups in total. The van der Waals surface area contributed by atoms with Gasteiger partial charge >= 0.3 is 0 Å². The van der Waals surface area contributed by atoms with Gasteiger partial charge in [-0.15, -0.1) is 0 Å². The SMILES string of the molecule is C=C/C(=C\CC)C(=O)C1=CCC(C)C(=C)C=C1. The van der Waals surface area contributed by atoms with Gasteiger partial charge in [-0.2, -0.15) is 0 Å². The summed E-state index contributed by atoms with van der Waals surface area (Å²) in [7, 11) is 0. The summed E-state index contributed by atoms with van der Waals surface area (Å²) >= 11 is 0. The van der Waals surface area contributed by atoms with Gasteiger partial charge < -0.3 is 0 Å². The lowest BCUT2D eigenvalue weighted by Crippen LogP contribution is -2.03. The standard InChI is InChI=1S/C16H20O/c1-5-7-14(6-2)16(17)15-10-8-12(3)13(4)9-11-15/h6-8,10-11,13H,2-3,5,9H2,1,4H3/b14-7+. The van der Waals surface area contributed by atoms with Crippen LogP contribution in [0.25, 0.3) is 0 Å². The van der Waals surface area contributed by atoms with E-state index in [0.29, 0.717) is 11.5 Å². The number of carbonyl (C=O) groups excluding carboxylic acids is 1. The van der Waals surface area contributed by atoms with Crippen LogP contribution in [-0.2, 0) is 4.79 Å². The third-order valence-corrected chi connectivity index (χ3v) is 2.97. The summed E-state index contributed by atoms with van der Waals surface area (Å²) in [6, 6.07) is 0. The van der Waals surface area contributed by atoms with Gasteiger partial charge in [-0.25, -0.2) is 0 Å². The van der Waals surface area contributed by atoms with Crippen molar-refractivity contribution in [3.8, 4) is 0 Å². The monoisotopic (exact) mass is 228 g/mol. The molecular formula is C16H20O. The summed E-state index contributed by atoms with van der Waals surface area (Å²) in [6.45, 7) is 11.8. The van der Waals surface area contributed by atoms with E-state index in [1.807, 2.05) is 31.2 Å². The van der Waals surface area contributed by atoms with Crippen LogP contribution >= 0.6 is 0 Å². The topological polar surface area (TPSA) is 17.1 Å². The first-order chi connectivity index (χ1) is 8.10. The van der Waals surface area contributed by atoms with Gasteiger partial charge in [0, 0.05) is 11.1 Å². The second-order valence-electron chi connectivity index (χ2n) is 4.31. The third kappa shape index (κ3) is 3.42. The second-order valence-corrected chi connectivity index (χ2v) is 4.31. The molecule has 0 spiro atoms. The molecule has 0 saturated carbocycles. The zero-order valence-corrected chi connectivity index (χ0v) is 10.7. The molecule has 0 amide bonds. The summed E-state index contributed by atoms with van der Waals surface area (Å²) in [5, 5.41) is 0. The maximum absolute atomic E-state index is 12.2. The molecule has 1 unspecified atom stereocenters. The van der Waals surface area contributed by atoms with Crippen molar-refractivity contribution in [2.24, 2.45) is 5.92 Å². The van der Waals surface area contributed by atoms with E-state index in [9.17, 15) is 4.79 Å². The quantitative estimate of drug-likeness (QED) is 0.521. The summed E-state index contributed by atoms with van der Waals surface area (Å²) < 4.78 is 0. The zero-order valence-electron chi connectivity index (χ0n) is 10.7. The highest BCUT2D eigenvalue weighted by atomic mass is 16.1.